The summed E-state index contributed by atoms with van der Waals surface area (Å²) in [4.78, 5) is 3.79. The highest BCUT2D eigenvalue weighted by molar-refractivity contribution is 7.89. The molecule has 0 amide bonds. The average Bonchev–Trinajstić information content (AvgIpc) is 2.81. The second kappa shape index (κ2) is 6.64. The zero-order valence-corrected chi connectivity index (χ0v) is 13.6. The molecule has 22 heavy (non-hydrogen) atoms. The van der Waals surface area contributed by atoms with Gasteiger partial charge in [0.2, 0.25) is 5.03 Å². The van der Waals surface area contributed by atoms with Crippen LogP contribution in [0.5, 0.6) is 5.75 Å². The van der Waals surface area contributed by atoms with Gasteiger partial charge in [-0.1, -0.05) is 23.7 Å². The first-order valence-corrected chi connectivity index (χ1v) is 8.16. The molecule has 0 aliphatic carbocycles. The monoisotopic (exact) mass is 347 g/mol. The maximum atomic E-state index is 13.4. The van der Waals surface area contributed by atoms with E-state index in [4.69, 9.17) is 16.3 Å². The van der Waals surface area contributed by atoms with Gasteiger partial charge >= 0.3 is 0 Å². The lowest BCUT2D eigenvalue weighted by Gasteiger charge is -2.16. The Morgan fingerprint density at radius 1 is 1.41 bits per heavy atom. The van der Waals surface area contributed by atoms with E-state index < -0.39 is 15.8 Å². The third-order valence-corrected chi connectivity index (χ3v) is 5.34. The van der Waals surface area contributed by atoms with E-state index in [9.17, 15) is 12.8 Å². The Kier molecular flexibility index (Phi) is 5.05. The molecule has 0 unspecified atom stereocenters. The van der Waals surface area contributed by atoms with Crippen LogP contribution in [0.15, 0.2) is 35.6 Å². The zero-order chi connectivity index (χ0) is 16.3. The van der Waals surface area contributed by atoms with Crippen molar-refractivity contribution in [2.45, 2.75) is 5.03 Å². The highest BCUT2D eigenvalue weighted by Gasteiger charge is 2.27. The highest BCUT2D eigenvalue weighted by atomic mass is 35.5. The second-order valence-electron chi connectivity index (χ2n) is 4.56. The molecule has 0 bridgehead atoms. The van der Waals surface area contributed by atoms with E-state index in [1.165, 1.54) is 30.1 Å². The molecular formula is C13H15ClFN3O3S. The van der Waals surface area contributed by atoms with Crippen LogP contribution in [0.4, 0.5) is 4.39 Å². The SMILES string of the molecule is CN(CCOc1ccccc1F)S(=O)(=O)c1ncn(C)c1Cl. The maximum absolute atomic E-state index is 13.4. The Hall–Kier alpha value is -1.64. The normalized spacial score (nSPS) is 11.9. The van der Waals surface area contributed by atoms with Gasteiger partial charge in [-0.25, -0.2) is 17.8 Å². The van der Waals surface area contributed by atoms with Gasteiger partial charge in [-0.05, 0) is 12.1 Å². The smallest absolute Gasteiger partial charge is 0.263 e. The Morgan fingerprint density at radius 3 is 2.68 bits per heavy atom. The Morgan fingerprint density at radius 2 is 2.09 bits per heavy atom. The lowest BCUT2D eigenvalue weighted by atomic mass is 10.3. The fraction of sp³-hybridized carbons (Fsp3) is 0.308. The summed E-state index contributed by atoms with van der Waals surface area (Å²) in [5.74, 6) is -0.426. The minimum Gasteiger partial charge on any atom is -0.489 e. The summed E-state index contributed by atoms with van der Waals surface area (Å²) < 4.78 is 45.7. The minimum atomic E-state index is -3.82. The number of nitrogens with zero attached hydrogens (tertiary/aromatic N) is 3. The van der Waals surface area contributed by atoms with E-state index in [-0.39, 0.29) is 29.1 Å². The lowest BCUT2D eigenvalue weighted by molar-refractivity contribution is 0.275. The number of benzene rings is 1. The summed E-state index contributed by atoms with van der Waals surface area (Å²) in [5.41, 5.74) is 0. The number of likely N-dealkylation sites (N-methyl/N-ethyl adjacent to an activating group) is 1. The fourth-order valence-electron chi connectivity index (χ4n) is 1.68. The summed E-state index contributed by atoms with van der Waals surface area (Å²) in [7, 11) is -0.845. The van der Waals surface area contributed by atoms with Gasteiger partial charge in [0.15, 0.2) is 11.6 Å². The number of imidazole rings is 1. The molecule has 0 atom stereocenters. The number of aryl methyl sites for hydroxylation is 1. The first-order valence-electron chi connectivity index (χ1n) is 6.34. The molecule has 0 aliphatic rings. The van der Waals surface area contributed by atoms with Crippen LogP contribution in [0.2, 0.25) is 5.15 Å². The van der Waals surface area contributed by atoms with E-state index in [1.807, 2.05) is 0 Å². The summed E-state index contributed by atoms with van der Waals surface area (Å²) in [6, 6.07) is 5.91. The van der Waals surface area contributed by atoms with Crippen molar-refractivity contribution >= 4 is 21.6 Å². The van der Waals surface area contributed by atoms with Crippen molar-refractivity contribution in [2.24, 2.45) is 7.05 Å². The van der Waals surface area contributed by atoms with Gasteiger partial charge < -0.3 is 9.30 Å². The number of rotatable bonds is 6. The van der Waals surface area contributed by atoms with E-state index in [0.717, 1.165) is 4.31 Å². The third-order valence-electron chi connectivity index (χ3n) is 2.99. The molecule has 0 fully saturated rings. The largest absolute Gasteiger partial charge is 0.489 e. The highest BCUT2D eigenvalue weighted by Crippen LogP contribution is 2.21. The third kappa shape index (κ3) is 3.40. The molecule has 0 saturated carbocycles. The van der Waals surface area contributed by atoms with Crippen molar-refractivity contribution in [1.82, 2.24) is 13.9 Å². The van der Waals surface area contributed by atoms with Gasteiger partial charge in [0.05, 0.1) is 6.33 Å². The molecule has 0 aliphatic heterocycles. The fourth-order valence-corrected chi connectivity index (χ4v) is 3.21. The summed E-state index contributed by atoms with van der Waals surface area (Å²) in [6.45, 7) is 0.0324. The molecule has 0 N–H and O–H groups in total. The van der Waals surface area contributed by atoms with Crippen LogP contribution in [0.25, 0.3) is 0 Å². The van der Waals surface area contributed by atoms with Crippen molar-refractivity contribution in [3.8, 4) is 5.75 Å². The molecular weight excluding hydrogens is 333 g/mol. The molecule has 2 aromatic rings. The van der Waals surface area contributed by atoms with Crippen molar-refractivity contribution in [3.63, 3.8) is 0 Å². The van der Waals surface area contributed by atoms with Crippen molar-refractivity contribution in [2.75, 3.05) is 20.2 Å². The van der Waals surface area contributed by atoms with Gasteiger partial charge in [0, 0.05) is 20.6 Å². The summed E-state index contributed by atoms with van der Waals surface area (Å²) in [6.07, 6.45) is 1.32. The van der Waals surface area contributed by atoms with Gasteiger partial charge in [0.1, 0.15) is 11.8 Å². The molecule has 2 rings (SSSR count). The molecule has 120 valence electrons. The summed E-state index contributed by atoms with van der Waals surface area (Å²) in [5, 5.41) is -0.188. The number of sulfonamides is 1. The first-order chi connectivity index (χ1) is 10.3. The molecule has 1 heterocycles. The molecule has 6 nitrogen and oxygen atoms in total. The van der Waals surface area contributed by atoms with Gasteiger partial charge in [0.25, 0.3) is 10.0 Å². The molecule has 9 heteroatoms. The van der Waals surface area contributed by atoms with Crippen LogP contribution >= 0.6 is 11.6 Å². The van der Waals surface area contributed by atoms with E-state index in [2.05, 4.69) is 4.98 Å². The van der Waals surface area contributed by atoms with E-state index in [0.29, 0.717) is 0 Å². The van der Waals surface area contributed by atoms with Crippen molar-refractivity contribution in [1.29, 1.82) is 0 Å². The number of aromatic nitrogens is 2. The number of hydrogen-bond donors (Lipinski definition) is 0. The molecule has 1 aromatic heterocycles. The Bertz CT molecular complexity index is 764. The van der Waals surface area contributed by atoms with Crippen LogP contribution in [-0.2, 0) is 17.1 Å². The van der Waals surface area contributed by atoms with Crippen molar-refractivity contribution in [3.05, 3.63) is 41.6 Å². The minimum absolute atomic E-state index is 0.00111. The molecule has 0 spiro atoms. The quantitative estimate of drug-likeness (QED) is 0.800. The Balaban J connectivity index is 2.01. The summed E-state index contributed by atoms with van der Waals surface area (Å²) >= 11 is 5.90. The van der Waals surface area contributed by atoms with Crippen molar-refractivity contribution < 1.29 is 17.5 Å². The number of hydrogen-bond acceptors (Lipinski definition) is 4. The Labute approximate surface area is 133 Å². The number of halogens is 2. The number of ether oxygens (including phenoxy) is 1. The van der Waals surface area contributed by atoms with Gasteiger partial charge in [-0.2, -0.15) is 4.31 Å². The molecule has 0 saturated heterocycles. The molecule has 1 aromatic carbocycles. The van der Waals surface area contributed by atoms with E-state index in [1.54, 1.807) is 19.2 Å². The van der Waals surface area contributed by atoms with Crippen LogP contribution < -0.4 is 4.74 Å². The van der Waals surface area contributed by atoms with Crippen LogP contribution in [0, 0.1) is 5.82 Å². The zero-order valence-electron chi connectivity index (χ0n) is 12.0. The lowest BCUT2D eigenvalue weighted by Crippen LogP contribution is -2.31. The van der Waals surface area contributed by atoms with Crippen LogP contribution in [0.3, 0.4) is 0 Å². The topological polar surface area (TPSA) is 64.4 Å². The van der Waals surface area contributed by atoms with E-state index >= 15 is 0 Å². The van der Waals surface area contributed by atoms with Crippen LogP contribution in [0.1, 0.15) is 0 Å². The van der Waals surface area contributed by atoms with Gasteiger partial charge in [-0.15, -0.1) is 0 Å². The first kappa shape index (κ1) is 16.7. The predicted molar refractivity (Wildman–Crippen MR) is 79.9 cm³/mol. The predicted octanol–water partition coefficient (Wildman–Crippen LogP) is 1.91. The maximum Gasteiger partial charge on any atom is 0.263 e. The second-order valence-corrected chi connectivity index (χ2v) is 6.88. The average molecular weight is 348 g/mol. The molecule has 0 radical (unpaired) electrons. The van der Waals surface area contributed by atoms with Gasteiger partial charge in [-0.3, -0.25) is 0 Å². The van der Waals surface area contributed by atoms with Crippen LogP contribution in [-0.4, -0.2) is 42.5 Å². The standard InChI is InChI=1S/C13H15ClFN3O3S/c1-17-9-16-13(12(17)14)22(19,20)18(2)7-8-21-11-6-4-3-5-10(11)15/h3-6,9H,7-8H2,1-2H3. The number of para-hydroxylation sites is 1.